The number of aryl methyl sites for hydroxylation is 1. The highest BCUT2D eigenvalue weighted by molar-refractivity contribution is 5.94. The Kier molecular flexibility index (Phi) is 1.85. The molecule has 0 aliphatic carbocycles. The summed E-state index contributed by atoms with van der Waals surface area (Å²) in [4.78, 5) is 7.20. The second-order valence-corrected chi connectivity index (χ2v) is 3.08. The normalized spacial score (nSPS) is 10.4. The number of fused-ring (bicyclic) bond motifs is 1. The molecular formula is C9H11N5. The highest BCUT2D eigenvalue weighted by Crippen LogP contribution is 2.22. The van der Waals surface area contributed by atoms with Crippen LogP contribution in [0.3, 0.4) is 0 Å². The number of nitrogens with one attached hydrogen (secondary N) is 3. The van der Waals surface area contributed by atoms with E-state index in [4.69, 9.17) is 11.1 Å². The number of guanidine groups is 1. The topological polar surface area (TPSA) is 90.6 Å². The zero-order valence-electron chi connectivity index (χ0n) is 7.76. The molecule has 0 fully saturated rings. The van der Waals surface area contributed by atoms with Crippen LogP contribution in [0, 0.1) is 12.3 Å². The molecule has 2 aromatic rings. The summed E-state index contributed by atoms with van der Waals surface area (Å²) in [7, 11) is 0. The van der Waals surface area contributed by atoms with Gasteiger partial charge in [0.2, 0.25) is 0 Å². The molecule has 1 aromatic heterocycles. The first kappa shape index (κ1) is 8.55. The van der Waals surface area contributed by atoms with E-state index in [0.29, 0.717) is 0 Å². The van der Waals surface area contributed by atoms with Gasteiger partial charge in [0.05, 0.1) is 17.4 Å². The lowest BCUT2D eigenvalue weighted by Gasteiger charge is -2.07. The van der Waals surface area contributed by atoms with Gasteiger partial charge in [0.1, 0.15) is 0 Å². The number of hydrogen-bond donors (Lipinski definition) is 4. The minimum absolute atomic E-state index is 0.0667. The molecule has 0 aliphatic heterocycles. The first-order valence-corrected chi connectivity index (χ1v) is 4.22. The summed E-state index contributed by atoms with van der Waals surface area (Å²) in [6.45, 7) is 1.94. The largest absolute Gasteiger partial charge is 0.370 e. The molecule has 0 atom stereocenters. The third-order valence-corrected chi connectivity index (χ3v) is 2.11. The fraction of sp³-hybridized carbons (Fsp3) is 0.111. The quantitative estimate of drug-likeness (QED) is 0.401. The van der Waals surface area contributed by atoms with Crippen molar-refractivity contribution in [3.63, 3.8) is 0 Å². The second kappa shape index (κ2) is 3.02. The smallest absolute Gasteiger partial charge is 0.190 e. The van der Waals surface area contributed by atoms with Gasteiger partial charge in [-0.25, -0.2) is 4.98 Å². The lowest BCUT2D eigenvalue weighted by molar-refractivity contribution is 1.33. The highest BCUT2D eigenvalue weighted by atomic mass is 15.0. The molecule has 0 unspecified atom stereocenters. The van der Waals surface area contributed by atoms with Crippen LogP contribution < -0.4 is 11.1 Å². The van der Waals surface area contributed by atoms with Gasteiger partial charge in [-0.2, -0.15) is 0 Å². The Bertz CT molecular complexity index is 485. The number of nitrogens with two attached hydrogens (primary N) is 1. The van der Waals surface area contributed by atoms with Crippen LogP contribution in [-0.2, 0) is 0 Å². The summed E-state index contributed by atoms with van der Waals surface area (Å²) in [6, 6.07) is 3.78. The highest BCUT2D eigenvalue weighted by Gasteiger charge is 2.05. The zero-order chi connectivity index (χ0) is 10.1. The number of aromatic nitrogens is 2. The lowest BCUT2D eigenvalue weighted by atomic mass is 10.1. The van der Waals surface area contributed by atoms with Crippen molar-refractivity contribution in [1.82, 2.24) is 9.97 Å². The fourth-order valence-electron chi connectivity index (χ4n) is 1.43. The average molecular weight is 189 g/mol. The zero-order valence-corrected chi connectivity index (χ0v) is 7.76. The first-order valence-electron chi connectivity index (χ1n) is 4.22. The van der Waals surface area contributed by atoms with Gasteiger partial charge < -0.3 is 16.0 Å². The third kappa shape index (κ3) is 1.28. The van der Waals surface area contributed by atoms with Crippen LogP contribution >= 0.6 is 0 Å². The molecular weight excluding hydrogens is 178 g/mol. The first-order chi connectivity index (χ1) is 6.68. The van der Waals surface area contributed by atoms with Crippen LogP contribution in [0.15, 0.2) is 18.5 Å². The number of nitrogens with zero attached hydrogens (tertiary/aromatic N) is 1. The lowest BCUT2D eigenvalue weighted by Crippen LogP contribution is -2.20. The number of rotatable bonds is 1. The van der Waals surface area contributed by atoms with Crippen LogP contribution in [0.4, 0.5) is 5.69 Å². The summed E-state index contributed by atoms with van der Waals surface area (Å²) >= 11 is 0. The van der Waals surface area contributed by atoms with Crippen molar-refractivity contribution in [3.8, 4) is 0 Å². The predicted molar refractivity (Wildman–Crippen MR) is 56.4 cm³/mol. The molecule has 14 heavy (non-hydrogen) atoms. The molecule has 0 radical (unpaired) electrons. The molecule has 0 saturated heterocycles. The van der Waals surface area contributed by atoms with E-state index in [1.165, 1.54) is 0 Å². The Morgan fingerprint density at radius 3 is 3.07 bits per heavy atom. The van der Waals surface area contributed by atoms with Crippen molar-refractivity contribution in [2.24, 2.45) is 5.73 Å². The van der Waals surface area contributed by atoms with Gasteiger partial charge >= 0.3 is 0 Å². The molecule has 0 aliphatic rings. The van der Waals surface area contributed by atoms with Gasteiger partial charge in [0.15, 0.2) is 5.96 Å². The third-order valence-electron chi connectivity index (χ3n) is 2.11. The Labute approximate surface area is 80.8 Å². The Morgan fingerprint density at radius 1 is 1.57 bits per heavy atom. The Morgan fingerprint density at radius 2 is 2.36 bits per heavy atom. The van der Waals surface area contributed by atoms with Crippen LogP contribution in [-0.4, -0.2) is 15.9 Å². The monoisotopic (exact) mass is 189 g/mol. The van der Waals surface area contributed by atoms with Gasteiger partial charge in [-0.3, -0.25) is 5.41 Å². The molecule has 5 nitrogen and oxygen atoms in total. The minimum atomic E-state index is -0.0667. The maximum absolute atomic E-state index is 7.14. The molecule has 0 amide bonds. The van der Waals surface area contributed by atoms with Gasteiger partial charge in [-0.1, -0.05) is 0 Å². The van der Waals surface area contributed by atoms with Crippen molar-refractivity contribution in [2.75, 3.05) is 5.32 Å². The van der Waals surface area contributed by atoms with Crippen LogP contribution in [0.1, 0.15) is 5.56 Å². The van der Waals surface area contributed by atoms with Gasteiger partial charge in [-0.15, -0.1) is 0 Å². The molecule has 72 valence electrons. The van der Waals surface area contributed by atoms with Gasteiger partial charge in [0, 0.05) is 11.3 Å². The molecule has 2 rings (SSSR count). The summed E-state index contributed by atoms with van der Waals surface area (Å²) in [5.74, 6) is -0.0667. The second-order valence-electron chi connectivity index (χ2n) is 3.08. The van der Waals surface area contributed by atoms with Crippen molar-refractivity contribution in [3.05, 3.63) is 24.0 Å². The van der Waals surface area contributed by atoms with Gasteiger partial charge in [0.25, 0.3) is 0 Å². The molecule has 0 saturated carbocycles. The van der Waals surface area contributed by atoms with E-state index in [1.54, 1.807) is 6.33 Å². The maximum atomic E-state index is 7.14. The van der Waals surface area contributed by atoms with E-state index < -0.39 is 0 Å². The summed E-state index contributed by atoms with van der Waals surface area (Å²) < 4.78 is 0. The predicted octanol–water partition coefficient (Wildman–Crippen LogP) is 1.18. The van der Waals surface area contributed by atoms with Gasteiger partial charge in [-0.05, 0) is 19.1 Å². The van der Waals surface area contributed by atoms with E-state index in [1.807, 2.05) is 19.1 Å². The molecule has 0 bridgehead atoms. The van der Waals surface area contributed by atoms with Crippen LogP contribution in [0.2, 0.25) is 0 Å². The minimum Gasteiger partial charge on any atom is -0.370 e. The molecule has 1 aromatic carbocycles. The molecule has 5 heteroatoms. The van der Waals surface area contributed by atoms with E-state index in [9.17, 15) is 0 Å². The standard InChI is InChI=1S/C9H11N5/c1-5-6(14-9(10)11)2-3-7-8(5)13-4-12-7/h2-4H,1H3,(H,12,13)(H4,10,11,14). The number of hydrogen-bond acceptors (Lipinski definition) is 2. The average Bonchev–Trinajstić information content (AvgIpc) is 2.57. The molecule has 5 N–H and O–H groups in total. The van der Waals surface area contributed by atoms with Crippen molar-refractivity contribution >= 4 is 22.7 Å². The van der Waals surface area contributed by atoms with Crippen LogP contribution in [0.25, 0.3) is 11.0 Å². The summed E-state index contributed by atoms with van der Waals surface area (Å²) in [5.41, 5.74) is 8.94. The Balaban J connectivity index is 2.56. The molecule has 0 spiro atoms. The number of imidazole rings is 1. The van der Waals surface area contributed by atoms with Crippen molar-refractivity contribution in [2.45, 2.75) is 6.92 Å². The number of H-pyrrole nitrogens is 1. The van der Waals surface area contributed by atoms with E-state index in [0.717, 1.165) is 22.3 Å². The SMILES string of the molecule is Cc1c(NC(=N)N)ccc2[nH]cnc12. The summed E-state index contributed by atoms with van der Waals surface area (Å²) in [6.07, 6.45) is 1.65. The maximum Gasteiger partial charge on any atom is 0.190 e. The van der Waals surface area contributed by atoms with E-state index in [-0.39, 0.29) is 5.96 Å². The number of anilines is 1. The summed E-state index contributed by atoms with van der Waals surface area (Å²) in [5, 5.41) is 9.90. The number of benzene rings is 1. The van der Waals surface area contributed by atoms with Crippen molar-refractivity contribution in [1.29, 1.82) is 5.41 Å². The number of aromatic amines is 1. The van der Waals surface area contributed by atoms with E-state index >= 15 is 0 Å². The van der Waals surface area contributed by atoms with E-state index in [2.05, 4.69) is 15.3 Å². The van der Waals surface area contributed by atoms with Crippen LogP contribution in [0.5, 0.6) is 0 Å². The van der Waals surface area contributed by atoms with Crippen molar-refractivity contribution < 1.29 is 0 Å². The molecule has 1 heterocycles. The fourth-order valence-corrected chi connectivity index (χ4v) is 1.43. The Hall–Kier alpha value is -2.04.